The van der Waals surface area contributed by atoms with Crippen molar-refractivity contribution in [1.29, 1.82) is 5.26 Å². The third kappa shape index (κ3) is 2.72. The molecule has 5 heteroatoms. The van der Waals surface area contributed by atoms with E-state index in [1.54, 1.807) is 17.0 Å². The highest BCUT2D eigenvalue weighted by molar-refractivity contribution is 5.78. The Bertz CT molecular complexity index is 456. The van der Waals surface area contributed by atoms with Gasteiger partial charge in [0.05, 0.1) is 6.07 Å². The van der Waals surface area contributed by atoms with Gasteiger partial charge >= 0.3 is 0 Å². The summed E-state index contributed by atoms with van der Waals surface area (Å²) in [7, 11) is 0. The Morgan fingerprint density at radius 3 is 2.39 bits per heavy atom. The molecule has 0 atom stereocenters. The quantitative estimate of drug-likeness (QED) is 0.842. The van der Waals surface area contributed by atoms with Crippen molar-refractivity contribution in [2.24, 2.45) is 0 Å². The van der Waals surface area contributed by atoms with Gasteiger partial charge in [0.15, 0.2) is 0 Å². The topological polar surface area (TPSA) is 67.6 Å². The third-order valence-corrected chi connectivity index (χ3v) is 3.08. The molecule has 1 aromatic carbocycles. The molecule has 1 aromatic rings. The van der Waals surface area contributed by atoms with Crippen LogP contribution in [-0.2, 0) is 4.79 Å². The molecule has 5 nitrogen and oxygen atoms in total. The zero-order valence-corrected chi connectivity index (χ0v) is 10.0. The molecule has 18 heavy (non-hydrogen) atoms. The summed E-state index contributed by atoms with van der Waals surface area (Å²) >= 11 is 0. The van der Waals surface area contributed by atoms with Gasteiger partial charge in [-0.1, -0.05) is 0 Å². The Balaban J connectivity index is 1.92. The number of phenols is 1. The van der Waals surface area contributed by atoms with Gasteiger partial charge in [0.2, 0.25) is 5.91 Å². The van der Waals surface area contributed by atoms with Crippen molar-refractivity contribution in [3.63, 3.8) is 0 Å². The number of aromatic hydroxyl groups is 1. The third-order valence-electron chi connectivity index (χ3n) is 3.08. The normalized spacial score (nSPS) is 15.3. The minimum atomic E-state index is -0.0946. The van der Waals surface area contributed by atoms with Crippen molar-refractivity contribution in [3.05, 3.63) is 24.3 Å². The number of benzene rings is 1. The van der Waals surface area contributed by atoms with Crippen LogP contribution in [0.3, 0.4) is 0 Å². The molecule has 0 saturated carbocycles. The van der Waals surface area contributed by atoms with E-state index in [-0.39, 0.29) is 18.1 Å². The fourth-order valence-electron chi connectivity index (χ4n) is 2.06. The number of rotatable bonds is 2. The second-order valence-corrected chi connectivity index (χ2v) is 4.22. The maximum atomic E-state index is 11.5. The molecule has 0 unspecified atom stereocenters. The van der Waals surface area contributed by atoms with Crippen molar-refractivity contribution in [2.45, 2.75) is 6.42 Å². The van der Waals surface area contributed by atoms with Crippen molar-refractivity contribution >= 4 is 11.6 Å². The summed E-state index contributed by atoms with van der Waals surface area (Å²) in [5, 5.41) is 17.7. The molecule has 1 aliphatic heterocycles. The lowest BCUT2D eigenvalue weighted by Gasteiger charge is -2.35. The van der Waals surface area contributed by atoms with Crippen LogP contribution in [0.1, 0.15) is 6.42 Å². The van der Waals surface area contributed by atoms with Gasteiger partial charge in [-0.25, -0.2) is 0 Å². The number of phenolic OH excluding ortho intramolecular Hbond substituents is 1. The summed E-state index contributed by atoms with van der Waals surface area (Å²) in [5.74, 6) is 0.157. The molecule has 0 radical (unpaired) electrons. The first kappa shape index (κ1) is 12.2. The molecule has 0 aliphatic carbocycles. The summed E-state index contributed by atoms with van der Waals surface area (Å²) < 4.78 is 0. The smallest absolute Gasteiger partial charge is 0.236 e. The lowest BCUT2D eigenvalue weighted by atomic mass is 10.2. The van der Waals surface area contributed by atoms with Gasteiger partial charge in [-0.2, -0.15) is 5.26 Å². The molecule has 1 N–H and O–H groups in total. The van der Waals surface area contributed by atoms with Gasteiger partial charge in [-0.05, 0) is 24.3 Å². The molecule has 1 amide bonds. The molecule has 1 saturated heterocycles. The van der Waals surface area contributed by atoms with Crippen molar-refractivity contribution in [3.8, 4) is 11.8 Å². The largest absolute Gasteiger partial charge is 0.508 e. The molecule has 1 heterocycles. The van der Waals surface area contributed by atoms with Crippen LogP contribution in [0.25, 0.3) is 0 Å². The van der Waals surface area contributed by atoms with Crippen LogP contribution in [0.5, 0.6) is 5.75 Å². The maximum Gasteiger partial charge on any atom is 0.236 e. The van der Waals surface area contributed by atoms with Crippen LogP contribution in [0.2, 0.25) is 0 Å². The number of amides is 1. The average Bonchev–Trinajstić information content (AvgIpc) is 2.40. The van der Waals surface area contributed by atoms with E-state index >= 15 is 0 Å². The number of hydrogen-bond acceptors (Lipinski definition) is 4. The molecule has 0 spiro atoms. The Kier molecular flexibility index (Phi) is 3.68. The van der Waals surface area contributed by atoms with Gasteiger partial charge in [0.25, 0.3) is 0 Å². The number of piperazine rings is 1. The lowest BCUT2D eigenvalue weighted by molar-refractivity contribution is -0.130. The van der Waals surface area contributed by atoms with Crippen molar-refractivity contribution in [1.82, 2.24) is 4.90 Å². The molecular formula is C13H15N3O2. The maximum absolute atomic E-state index is 11.5. The number of carbonyl (C=O) groups excluding carboxylic acids is 1. The van der Waals surface area contributed by atoms with E-state index in [1.807, 2.05) is 18.2 Å². The van der Waals surface area contributed by atoms with Crippen LogP contribution in [-0.4, -0.2) is 42.1 Å². The Morgan fingerprint density at radius 1 is 1.22 bits per heavy atom. The second-order valence-electron chi connectivity index (χ2n) is 4.22. The fraction of sp³-hybridized carbons (Fsp3) is 0.385. The summed E-state index contributed by atoms with van der Waals surface area (Å²) in [5.41, 5.74) is 1.04. The predicted molar refractivity (Wildman–Crippen MR) is 67.1 cm³/mol. The van der Waals surface area contributed by atoms with Gasteiger partial charge in [-0.3, -0.25) is 4.79 Å². The molecule has 0 bridgehead atoms. The molecule has 1 fully saturated rings. The SMILES string of the molecule is N#CCC(=O)N1CCN(c2ccc(O)cc2)CC1. The summed E-state index contributed by atoms with van der Waals surface area (Å²) in [4.78, 5) is 15.4. The molecule has 94 valence electrons. The highest BCUT2D eigenvalue weighted by atomic mass is 16.3. The van der Waals surface area contributed by atoms with E-state index in [0.29, 0.717) is 13.1 Å². The van der Waals surface area contributed by atoms with Crippen LogP contribution in [0.4, 0.5) is 5.69 Å². The van der Waals surface area contributed by atoms with Crippen LogP contribution in [0.15, 0.2) is 24.3 Å². The summed E-state index contributed by atoms with van der Waals surface area (Å²) in [6.07, 6.45) is -0.0425. The average molecular weight is 245 g/mol. The standard InChI is InChI=1S/C13H15N3O2/c14-6-5-13(18)16-9-7-15(8-10-16)11-1-3-12(17)4-2-11/h1-4,17H,5,7-10H2. The van der Waals surface area contributed by atoms with Gasteiger partial charge in [-0.15, -0.1) is 0 Å². The van der Waals surface area contributed by atoms with Crippen molar-refractivity contribution < 1.29 is 9.90 Å². The van der Waals surface area contributed by atoms with E-state index in [4.69, 9.17) is 5.26 Å². The molecule has 0 aromatic heterocycles. The van der Waals surface area contributed by atoms with Gasteiger partial charge in [0.1, 0.15) is 12.2 Å². The minimum absolute atomic E-state index is 0.0425. The first-order valence-corrected chi connectivity index (χ1v) is 5.89. The monoisotopic (exact) mass is 245 g/mol. The van der Waals surface area contributed by atoms with E-state index in [0.717, 1.165) is 18.8 Å². The summed E-state index contributed by atoms with van der Waals surface area (Å²) in [6, 6.07) is 8.92. The fourth-order valence-corrected chi connectivity index (χ4v) is 2.06. The van der Waals surface area contributed by atoms with E-state index < -0.39 is 0 Å². The predicted octanol–water partition coefficient (Wildman–Crippen LogP) is 0.954. The lowest BCUT2D eigenvalue weighted by Crippen LogP contribution is -2.48. The highest BCUT2D eigenvalue weighted by Gasteiger charge is 2.20. The van der Waals surface area contributed by atoms with Crippen LogP contribution >= 0.6 is 0 Å². The van der Waals surface area contributed by atoms with Crippen LogP contribution < -0.4 is 4.90 Å². The van der Waals surface area contributed by atoms with E-state index in [2.05, 4.69) is 4.90 Å². The number of hydrogen-bond donors (Lipinski definition) is 1. The summed E-state index contributed by atoms with van der Waals surface area (Å²) in [6.45, 7) is 2.78. The first-order valence-electron chi connectivity index (χ1n) is 5.89. The second kappa shape index (κ2) is 5.41. The Hall–Kier alpha value is -2.22. The number of anilines is 1. The Morgan fingerprint density at radius 2 is 1.83 bits per heavy atom. The number of nitrogens with zero attached hydrogens (tertiary/aromatic N) is 3. The highest BCUT2D eigenvalue weighted by Crippen LogP contribution is 2.19. The zero-order chi connectivity index (χ0) is 13.0. The molecular weight excluding hydrogens is 230 g/mol. The number of carbonyl (C=O) groups is 1. The number of nitriles is 1. The van der Waals surface area contributed by atoms with Crippen LogP contribution in [0, 0.1) is 11.3 Å². The first-order chi connectivity index (χ1) is 8.70. The van der Waals surface area contributed by atoms with E-state index in [1.165, 1.54) is 0 Å². The Labute approximate surface area is 106 Å². The van der Waals surface area contributed by atoms with Crippen molar-refractivity contribution in [2.75, 3.05) is 31.1 Å². The molecule has 1 aliphatic rings. The zero-order valence-electron chi connectivity index (χ0n) is 10.0. The van der Waals surface area contributed by atoms with Gasteiger partial charge < -0.3 is 14.9 Å². The van der Waals surface area contributed by atoms with E-state index in [9.17, 15) is 9.90 Å². The minimum Gasteiger partial charge on any atom is -0.508 e. The van der Waals surface area contributed by atoms with Gasteiger partial charge in [0, 0.05) is 31.9 Å². The molecule has 2 rings (SSSR count).